The fraction of sp³-hybridized carbons (Fsp3) is 0.375. The summed E-state index contributed by atoms with van der Waals surface area (Å²) >= 11 is 0. The minimum Gasteiger partial charge on any atom is -0.474 e. The molecule has 0 aromatic carbocycles. The summed E-state index contributed by atoms with van der Waals surface area (Å²) < 4.78 is 5.93. The van der Waals surface area contributed by atoms with Crippen molar-refractivity contribution in [2.24, 2.45) is 0 Å². The summed E-state index contributed by atoms with van der Waals surface area (Å²) in [4.78, 5) is 13.4. The Labute approximate surface area is 177 Å². The first-order valence-corrected chi connectivity index (χ1v) is 10.8. The van der Waals surface area contributed by atoms with Gasteiger partial charge in [-0.05, 0) is 60.9 Å². The van der Waals surface area contributed by atoms with E-state index in [1.165, 1.54) is 24.0 Å². The van der Waals surface area contributed by atoms with Crippen molar-refractivity contribution in [3.05, 3.63) is 71.7 Å². The van der Waals surface area contributed by atoms with Crippen LogP contribution >= 0.6 is 0 Å². The molecule has 5 rings (SSSR count). The molecule has 0 bridgehead atoms. The standard InChI is InChI=1S/C24H27N5O/c1-2-5-20(4-1)30-23-10-8-18(15-28-23)14-27-22-9-7-17(13-26-22)12-19-16-29-24-21(19)6-3-11-25-24/h3,6-11,13,15,19-20H,1-2,4-5,12,14,16H2,(H,25,29)(H,26,27). The van der Waals surface area contributed by atoms with Crippen LogP contribution in [0.25, 0.3) is 0 Å². The van der Waals surface area contributed by atoms with Crippen LogP contribution in [-0.2, 0) is 13.0 Å². The maximum absolute atomic E-state index is 5.93. The minimum atomic E-state index is 0.342. The molecule has 0 spiro atoms. The first kappa shape index (κ1) is 18.9. The number of hydrogen-bond acceptors (Lipinski definition) is 6. The van der Waals surface area contributed by atoms with E-state index in [2.05, 4.69) is 43.8 Å². The second-order valence-electron chi connectivity index (χ2n) is 8.16. The summed E-state index contributed by atoms with van der Waals surface area (Å²) in [5.74, 6) is 3.07. The highest BCUT2D eigenvalue weighted by Crippen LogP contribution is 2.31. The molecular formula is C24H27N5O. The average molecular weight is 402 g/mol. The molecule has 2 N–H and O–H groups in total. The van der Waals surface area contributed by atoms with Crippen molar-refractivity contribution >= 4 is 11.6 Å². The van der Waals surface area contributed by atoms with E-state index < -0.39 is 0 Å². The summed E-state index contributed by atoms with van der Waals surface area (Å²) in [7, 11) is 0. The molecule has 1 saturated carbocycles. The van der Waals surface area contributed by atoms with Gasteiger partial charge in [-0.2, -0.15) is 0 Å². The molecule has 0 saturated heterocycles. The van der Waals surface area contributed by atoms with Crippen LogP contribution in [0.3, 0.4) is 0 Å². The van der Waals surface area contributed by atoms with Crippen LogP contribution in [0.1, 0.15) is 48.3 Å². The molecular weight excluding hydrogens is 374 g/mol. The van der Waals surface area contributed by atoms with Gasteiger partial charge in [-0.15, -0.1) is 0 Å². The molecule has 30 heavy (non-hydrogen) atoms. The van der Waals surface area contributed by atoms with E-state index in [4.69, 9.17) is 4.74 Å². The predicted octanol–water partition coefficient (Wildman–Crippen LogP) is 4.56. The molecule has 1 aliphatic carbocycles. The number of aromatic nitrogens is 3. The molecule has 3 aromatic heterocycles. The maximum atomic E-state index is 5.93. The first-order chi connectivity index (χ1) is 14.8. The van der Waals surface area contributed by atoms with Gasteiger partial charge in [0.1, 0.15) is 17.7 Å². The van der Waals surface area contributed by atoms with E-state index in [0.717, 1.165) is 48.9 Å². The topological polar surface area (TPSA) is 72.0 Å². The first-order valence-electron chi connectivity index (χ1n) is 10.8. The lowest BCUT2D eigenvalue weighted by molar-refractivity contribution is 0.201. The van der Waals surface area contributed by atoms with E-state index >= 15 is 0 Å². The average Bonchev–Trinajstić information content (AvgIpc) is 3.45. The number of pyridine rings is 3. The molecule has 1 fully saturated rings. The zero-order valence-corrected chi connectivity index (χ0v) is 17.1. The van der Waals surface area contributed by atoms with Gasteiger partial charge in [-0.25, -0.2) is 15.0 Å². The number of nitrogens with zero attached hydrogens (tertiary/aromatic N) is 3. The summed E-state index contributed by atoms with van der Waals surface area (Å²) in [5.41, 5.74) is 3.65. The Balaban J connectivity index is 1.13. The zero-order valence-electron chi connectivity index (χ0n) is 17.1. The fourth-order valence-electron chi connectivity index (χ4n) is 4.30. The Morgan fingerprint density at radius 2 is 1.83 bits per heavy atom. The van der Waals surface area contributed by atoms with Gasteiger partial charge in [0.15, 0.2) is 0 Å². The van der Waals surface area contributed by atoms with Gasteiger partial charge in [0.25, 0.3) is 0 Å². The van der Waals surface area contributed by atoms with Gasteiger partial charge in [-0.3, -0.25) is 0 Å². The number of nitrogens with one attached hydrogen (secondary N) is 2. The van der Waals surface area contributed by atoms with Gasteiger partial charge >= 0.3 is 0 Å². The van der Waals surface area contributed by atoms with Crippen LogP contribution in [-0.4, -0.2) is 27.6 Å². The second-order valence-corrected chi connectivity index (χ2v) is 8.16. The van der Waals surface area contributed by atoms with Gasteiger partial charge in [0.05, 0.1) is 0 Å². The molecule has 6 nitrogen and oxygen atoms in total. The molecule has 6 heteroatoms. The van der Waals surface area contributed by atoms with Crippen molar-refractivity contribution < 1.29 is 4.74 Å². The molecule has 1 atom stereocenters. The molecule has 2 aliphatic rings. The third-order valence-electron chi connectivity index (χ3n) is 5.96. The summed E-state index contributed by atoms with van der Waals surface area (Å²) in [6.07, 6.45) is 11.8. The van der Waals surface area contributed by atoms with Crippen LogP contribution < -0.4 is 15.4 Å². The molecule has 154 valence electrons. The number of ether oxygens (including phenoxy) is 1. The Morgan fingerprint density at radius 1 is 0.967 bits per heavy atom. The predicted molar refractivity (Wildman–Crippen MR) is 118 cm³/mol. The van der Waals surface area contributed by atoms with E-state index in [-0.39, 0.29) is 0 Å². The molecule has 1 unspecified atom stereocenters. The SMILES string of the molecule is c1cnc2c(c1)C(Cc1ccc(NCc3ccc(OC4CCCC4)nc3)nc1)CN2. The Hall–Kier alpha value is -3.15. The monoisotopic (exact) mass is 401 g/mol. The van der Waals surface area contributed by atoms with Crippen molar-refractivity contribution in [3.63, 3.8) is 0 Å². The lowest BCUT2D eigenvalue weighted by atomic mass is 9.96. The van der Waals surface area contributed by atoms with Crippen LogP contribution in [0.2, 0.25) is 0 Å². The molecule has 3 aromatic rings. The molecule has 0 amide bonds. The van der Waals surface area contributed by atoms with E-state index in [0.29, 0.717) is 18.6 Å². The molecule has 1 aliphatic heterocycles. The van der Waals surface area contributed by atoms with E-state index in [1.807, 2.05) is 36.8 Å². The molecule has 0 radical (unpaired) electrons. The highest BCUT2D eigenvalue weighted by atomic mass is 16.5. The Bertz CT molecular complexity index is 968. The third kappa shape index (κ3) is 4.37. The van der Waals surface area contributed by atoms with Crippen molar-refractivity contribution in [2.45, 2.75) is 50.7 Å². The summed E-state index contributed by atoms with van der Waals surface area (Å²) in [6.45, 7) is 1.62. The minimum absolute atomic E-state index is 0.342. The van der Waals surface area contributed by atoms with Crippen LogP contribution in [0.4, 0.5) is 11.6 Å². The number of hydrogen-bond donors (Lipinski definition) is 2. The van der Waals surface area contributed by atoms with Crippen LogP contribution in [0.15, 0.2) is 55.0 Å². The lowest BCUT2D eigenvalue weighted by Gasteiger charge is -2.12. The number of fused-ring (bicyclic) bond motifs is 1. The molecule has 4 heterocycles. The van der Waals surface area contributed by atoms with Crippen molar-refractivity contribution in [1.82, 2.24) is 15.0 Å². The Morgan fingerprint density at radius 3 is 2.63 bits per heavy atom. The van der Waals surface area contributed by atoms with Crippen LogP contribution in [0, 0.1) is 0 Å². The highest BCUT2D eigenvalue weighted by Gasteiger charge is 2.23. The lowest BCUT2D eigenvalue weighted by Crippen LogP contribution is -2.12. The van der Waals surface area contributed by atoms with Crippen LogP contribution in [0.5, 0.6) is 5.88 Å². The smallest absolute Gasteiger partial charge is 0.213 e. The second kappa shape index (κ2) is 8.69. The van der Waals surface area contributed by atoms with E-state index in [9.17, 15) is 0 Å². The maximum Gasteiger partial charge on any atom is 0.213 e. The Kier molecular flexibility index (Phi) is 5.46. The quantitative estimate of drug-likeness (QED) is 0.605. The normalized spacial score (nSPS) is 18.1. The number of rotatable bonds is 7. The fourth-order valence-corrected chi connectivity index (χ4v) is 4.30. The van der Waals surface area contributed by atoms with Gasteiger partial charge in [-0.1, -0.05) is 18.2 Å². The van der Waals surface area contributed by atoms with Gasteiger partial charge in [0.2, 0.25) is 5.88 Å². The highest BCUT2D eigenvalue weighted by molar-refractivity contribution is 5.52. The number of anilines is 2. The van der Waals surface area contributed by atoms with Crippen molar-refractivity contribution in [1.29, 1.82) is 0 Å². The largest absolute Gasteiger partial charge is 0.474 e. The third-order valence-corrected chi connectivity index (χ3v) is 5.96. The van der Waals surface area contributed by atoms with Gasteiger partial charge in [0, 0.05) is 43.7 Å². The zero-order chi connectivity index (χ0) is 20.2. The summed E-state index contributed by atoms with van der Waals surface area (Å²) in [6, 6.07) is 12.4. The van der Waals surface area contributed by atoms with Gasteiger partial charge < -0.3 is 15.4 Å². The van der Waals surface area contributed by atoms with Crippen molar-refractivity contribution in [2.75, 3.05) is 17.2 Å². The van der Waals surface area contributed by atoms with E-state index in [1.54, 1.807) is 0 Å². The summed E-state index contributed by atoms with van der Waals surface area (Å²) in [5, 5.41) is 6.76. The van der Waals surface area contributed by atoms with Crippen molar-refractivity contribution in [3.8, 4) is 5.88 Å².